The summed E-state index contributed by atoms with van der Waals surface area (Å²) in [4.78, 5) is 15.1. The summed E-state index contributed by atoms with van der Waals surface area (Å²) in [5.74, 6) is 1.07. The number of amides is 1. The van der Waals surface area contributed by atoms with Gasteiger partial charge in [-0.05, 0) is 50.2 Å². The number of benzene rings is 2. The monoisotopic (exact) mass is 409 g/mol. The maximum absolute atomic E-state index is 12.8. The van der Waals surface area contributed by atoms with Crippen LogP contribution < -0.4 is 20.1 Å². The van der Waals surface area contributed by atoms with Gasteiger partial charge in [0, 0.05) is 29.6 Å². The second-order valence-electron chi connectivity index (χ2n) is 7.47. The van der Waals surface area contributed by atoms with E-state index in [1.54, 1.807) is 20.3 Å². The van der Waals surface area contributed by atoms with Crippen LogP contribution in [0.25, 0.3) is 5.57 Å². The lowest BCUT2D eigenvalue weighted by atomic mass is 10.0. The molecular weight excluding hydrogens is 378 g/mol. The predicted octanol–water partition coefficient (Wildman–Crippen LogP) is 4.73. The first-order valence-electron chi connectivity index (χ1n) is 10.4. The van der Waals surface area contributed by atoms with E-state index >= 15 is 0 Å². The highest BCUT2D eigenvalue weighted by atomic mass is 16.5. The summed E-state index contributed by atoms with van der Waals surface area (Å²) in [6.45, 7) is 6.23. The Morgan fingerprint density at radius 1 is 1.07 bits per heavy atom. The lowest BCUT2D eigenvalue weighted by Crippen LogP contribution is -2.18. The molecule has 1 heterocycles. The van der Waals surface area contributed by atoms with Crippen molar-refractivity contribution in [1.82, 2.24) is 4.90 Å². The lowest BCUT2D eigenvalue weighted by molar-refractivity contribution is -0.110. The maximum Gasteiger partial charge on any atom is 0.258 e. The molecule has 3 rings (SSSR count). The molecule has 2 aromatic carbocycles. The number of hydrogen-bond donors (Lipinski definition) is 2. The van der Waals surface area contributed by atoms with Crippen LogP contribution in [0.4, 0.5) is 11.4 Å². The molecule has 0 atom stereocenters. The van der Waals surface area contributed by atoms with E-state index in [-0.39, 0.29) is 5.91 Å². The van der Waals surface area contributed by atoms with Crippen molar-refractivity contribution in [2.24, 2.45) is 0 Å². The van der Waals surface area contributed by atoms with Crippen LogP contribution in [-0.4, -0.2) is 38.6 Å². The second kappa shape index (κ2) is 9.67. The molecule has 0 aliphatic carbocycles. The minimum atomic E-state index is -0.123. The molecule has 1 aliphatic rings. The first-order valence-corrected chi connectivity index (χ1v) is 10.4. The maximum atomic E-state index is 12.8. The van der Waals surface area contributed by atoms with Crippen molar-refractivity contribution < 1.29 is 14.3 Å². The van der Waals surface area contributed by atoms with Gasteiger partial charge in [0.2, 0.25) is 0 Å². The number of allylic oxidation sites excluding steroid dienone is 1. The Labute approximate surface area is 178 Å². The van der Waals surface area contributed by atoms with Gasteiger partial charge in [-0.3, -0.25) is 4.79 Å². The summed E-state index contributed by atoms with van der Waals surface area (Å²) >= 11 is 0. The van der Waals surface area contributed by atoms with Gasteiger partial charge in [-0.25, -0.2) is 0 Å². The number of nitrogens with one attached hydrogen (secondary N) is 2. The molecule has 1 amide bonds. The van der Waals surface area contributed by atoms with Crippen LogP contribution in [0, 0.1) is 0 Å². The third kappa shape index (κ3) is 4.60. The average molecular weight is 410 g/mol. The molecule has 0 aromatic heterocycles. The predicted molar refractivity (Wildman–Crippen MR) is 122 cm³/mol. The highest BCUT2D eigenvalue weighted by molar-refractivity contribution is 6.32. The van der Waals surface area contributed by atoms with Gasteiger partial charge in [-0.2, -0.15) is 0 Å². The van der Waals surface area contributed by atoms with Gasteiger partial charge >= 0.3 is 0 Å². The molecule has 0 radical (unpaired) electrons. The smallest absolute Gasteiger partial charge is 0.258 e. The van der Waals surface area contributed by atoms with Gasteiger partial charge in [0.1, 0.15) is 0 Å². The highest BCUT2D eigenvalue weighted by Gasteiger charge is 2.29. The molecule has 0 unspecified atom stereocenters. The molecule has 30 heavy (non-hydrogen) atoms. The van der Waals surface area contributed by atoms with Gasteiger partial charge in [-0.1, -0.05) is 26.0 Å². The van der Waals surface area contributed by atoms with E-state index < -0.39 is 0 Å². The van der Waals surface area contributed by atoms with E-state index in [9.17, 15) is 4.79 Å². The fourth-order valence-corrected chi connectivity index (χ4v) is 3.76. The number of hydrogen-bond acceptors (Lipinski definition) is 5. The molecule has 6 nitrogen and oxygen atoms in total. The minimum absolute atomic E-state index is 0.123. The number of carbonyl (C=O) groups is 1. The topological polar surface area (TPSA) is 62.8 Å². The zero-order valence-corrected chi connectivity index (χ0v) is 18.5. The Morgan fingerprint density at radius 3 is 2.33 bits per heavy atom. The normalized spacial score (nSPS) is 14.4. The Hall–Kier alpha value is -2.99. The Bertz CT molecular complexity index is 935. The van der Waals surface area contributed by atoms with Crippen LogP contribution in [0.15, 0.2) is 42.1 Å². The third-order valence-electron chi connectivity index (χ3n) is 5.23. The highest BCUT2D eigenvalue weighted by Crippen LogP contribution is 2.42. The molecule has 0 saturated heterocycles. The van der Waals surface area contributed by atoms with E-state index in [1.807, 2.05) is 13.0 Å². The first-order chi connectivity index (χ1) is 14.5. The standard InChI is InChI=1S/C24H31N3O3/c1-6-12-27(3)15-16-8-10-17(11-9-16)25-19(7-2)23-18-13-21(29-4)22(30-5)14-20(18)26-24(23)28/h8-11,13-14,25H,6-7,12,15H2,1-5H3,(H,26,28). The van der Waals surface area contributed by atoms with Crippen LogP contribution in [0.3, 0.4) is 0 Å². The van der Waals surface area contributed by atoms with Crippen molar-refractivity contribution in [3.8, 4) is 11.5 Å². The number of nitrogens with zero attached hydrogens (tertiary/aromatic N) is 1. The van der Waals surface area contributed by atoms with Crippen LogP contribution in [0.2, 0.25) is 0 Å². The molecule has 0 saturated carbocycles. The number of methoxy groups -OCH3 is 2. The number of rotatable bonds is 9. The molecular formula is C24H31N3O3. The molecule has 6 heteroatoms. The van der Waals surface area contributed by atoms with Gasteiger partial charge in [-0.15, -0.1) is 0 Å². The van der Waals surface area contributed by atoms with Crippen molar-refractivity contribution >= 4 is 22.9 Å². The molecule has 160 valence electrons. The van der Waals surface area contributed by atoms with Gasteiger partial charge in [0.25, 0.3) is 5.91 Å². The fraction of sp³-hybridized carbons (Fsp3) is 0.375. The van der Waals surface area contributed by atoms with Crippen LogP contribution in [0.1, 0.15) is 37.8 Å². The van der Waals surface area contributed by atoms with Crippen LogP contribution in [-0.2, 0) is 11.3 Å². The summed E-state index contributed by atoms with van der Waals surface area (Å²) in [5, 5.41) is 6.39. The van der Waals surface area contributed by atoms with Crippen molar-refractivity contribution in [3.05, 3.63) is 53.2 Å². The van der Waals surface area contributed by atoms with Gasteiger partial charge < -0.3 is 25.0 Å². The third-order valence-corrected chi connectivity index (χ3v) is 5.23. The molecule has 2 N–H and O–H groups in total. The van der Waals surface area contributed by atoms with Crippen LogP contribution in [0.5, 0.6) is 11.5 Å². The molecule has 0 fully saturated rings. The number of anilines is 2. The van der Waals surface area contributed by atoms with Crippen molar-refractivity contribution in [3.63, 3.8) is 0 Å². The zero-order valence-electron chi connectivity index (χ0n) is 18.5. The van der Waals surface area contributed by atoms with Gasteiger partial charge in [0.05, 0.1) is 25.5 Å². The molecule has 1 aliphatic heterocycles. The molecule has 0 bridgehead atoms. The average Bonchev–Trinajstić information content (AvgIpc) is 3.06. The number of carbonyl (C=O) groups excluding carboxylic acids is 1. The number of ether oxygens (including phenoxy) is 2. The number of fused-ring (bicyclic) bond motifs is 1. The summed E-state index contributed by atoms with van der Waals surface area (Å²) in [5.41, 5.74) is 5.29. The lowest BCUT2D eigenvalue weighted by Gasteiger charge is -2.16. The van der Waals surface area contributed by atoms with Crippen molar-refractivity contribution in [1.29, 1.82) is 0 Å². The SMILES string of the molecule is CCCN(C)Cc1ccc(NC(CC)=C2C(=O)Nc3cc(OC)c(OC)cc32)cc1. The zero-order chi connectivity index (χ0) is 21.7. The molecule has 0 spiro atoms. The largest absolute Gasteiger partial charge is 0.493 e. The summed E-state index contributed by atoms with van der Waals surface area (Å²) in [6, 6.07) is 12.0. The van der Waals surface area contributed by atoms with E-state index in [4.69, 9.17) is 9.47 Å². The Balaban J connectivity index is 1.88. The quantitative estimate of drug-likeness (QED) is 0.586. The van der Waals surface area contributed by atoms with Crippen molar-refractivity contribution in [2.45, 2.75) is 33.2 Å². The Morgan fingerprint density at radius 2 is 1.73 bits per heavy atom. The first kappa shape index (κ1) is 21.7. The van der Waals surface area contributed by atoms with Crippen molar-refractivity contribution in [2.75, 3.05) is 38.4 Å². The van der Waals surface area contributed by atoms with Crippen LogP contribution >= 0.6 is 0 Å². The van der Waals surface area contributed by atoms with E-state index in [0.29, 0.717) is 23.5 Å². The second-order valence-corrected chi connectivity index (χ2v) is 7.47. The fourth-order valence-electron chi connectivity index (χ4n) is 3.76. The summed E-state index contributed by atoms with van der Waals surface area (Å²) in [6.07, 6.45) is 1.83. The van der Waals surface area contributed by atoms with Gasteiger partial charge in [0.15, 0.2) is 11.5 Å². The summed E-state index contributed by atoms with van der Waals surface area (Å²) < 4.78 is 10.8. The minimum Gasteiger partial charge on any atom is -0.493 e. The van der Waals surface area contributed by atoms with E-state index in [1.165, 1.54) is 5.56 Å². The Kier molecular flexibility index (Phi) is 7.00. The molecule has 2 aromatic rings. The summed E-state index contributed by atoms with van der Waals surface area (Å²) in [7, 11) is 5.31. The van der Waals surface area contributed by atoms with E-state index in [2.05, 4.69) is 53.8 Å². The van der Waals surface area contributed by atoms with E-state index in [0.717, 1.165) is 42.1 Å².